The molecule has 2 rings (SSSR count). The van der Waals surface area contributed by atoms with E-state index in [1.165, 1.54) is 12.8 Å². The zero-order chi connectivity index (χ0) is 3.33. The molecular weight excluding hydrogens is 64.0 g/mol. The lowest BCUT2D eigenvalue weighted by Crippen LogP contribution is -1.69. The van der Waals surface area contributed by atoms with Crippen LogP contribution in [-0.4, -0.2) is 12.2 Å². The van der Waals surface area contributed by atoms with Crippen LogP contribution in [0.3, 0.4) is 0 Å². The van der Waals surface area contributed by atoms with Crippen molar-refractivity contribution in [1.82, 2.24) is 0 Å². The van der Waals surface area contributed by atoms with Crippen LogP contribution in [-0.2, 0) is 4.74 Å². The number of rotatable bonds is 0. The van der Waals surface area contributed by atoms with E-state index in [-0.39, 0.29) is 0 Å². The third-order valence-electron chi connectivity index (χ3n) is 1.36. The fourth-order valence-electron chi connectivity index (χ4n) is 0.530. The zero-order valence-electron chi connectivity index (χ0n) is 3.03. The van der Waals surface area contributed by atoms with Crippen LogP contribution in [0.2, 0.25) is 0 Å². The second-order valence-electron chi connectivity index (χ2n) is 1.97. The van der Waals surface area contributed by atoms with Gasteiger partial charge in [0.05, 0.1) is 12.2 Å². The van der Waals surface area contributed by atoms with Gasteiger partial charge < -0.3 is 4.74 Å². The first kappa shape index (κ1) is 2.19. The summed E-state index contributed by atoms with van der Waals surface area (Å²) in [6.45, 7) is 1.06. The molecule has 0 radical (unpaired) electrons. The Morgan fingerprint density at radius 1 is 1.40 bits per heavy atom. The quantitative estimate of drug-likeness (QED) is 0.379. The Morgan fingerprint density at radius 2 is 2.00 bits per heavy atom. The molecule has 0 amide bonds. The van der Waals surface area contributed by atoms with Crippen molar-refractivity contribution < 1.29 is 4.74 Å². The molecule has 1 heterocycles. The Kier molecular flexibility index (Phi) is 0.153. The molecule has 2 aliphatic rings. The average Bonchev–Trinajstić information content (AvgIpc) is 2.17. The molecule has 5 heavy (non-hydrogen) atoms. The van der Waals surface area contributed by atoms with Crippen LogP contribution in [0.5, 0.6) is 0 Å². The predicted octanol–water partition coefficient (Wildman–Crippen LogP) is 0.549. The highest BCUT2D eigenvalue weighted by Crippen LogP contribution is 2.50. The maximum absolute atomic E-state index is 5.01. The smallest absolute Gasteiger partial charge is 0.0918 e. The van der Waals surface area contributed by atoms with Gasteiger partial charge in [-0.25, -0.2) is 0 Å². The maximum atomic E-state index is 5.01. The standard InChI is InChI=1S/C4H6O/c1-2-4(1)3-5-4/h1-3H2. The van der Waals surface area contributed by atoms with E-state index in [1.54, 1.807) is 0 Å². The molecule has 1 saturated carbocycles. The van der Waals surface area contributed by atoms with Crippen molar-refractivity contribution in [2.45, 2.75) is 18.4 Å². The van der Waals surface area contributed by atoms with Crippen LogP contribution in [0.1, 0.15) is 12.8 Å². The van der Waals surface area contributed by atoms with Crippen molar-refractivity contribution >= 4 is 0 Å². The van der Waals surface area contributed by atoms with Gasteiger partial charge in [0, 0.05) is 0 Å². The highest BCUT2D eigenvalue weighted by molar-refractivity contribution is 5.05. The molecule has 1 nitrogen and oxygen atoms in total. The fraction of sp³-hybridized carbons (Fsp3) is 1.00. The van der Waals surface area contributed by atoms with Gasteiger partial charge in [-0.1, -0.05) is 0 Å². The molecular formula is C4H6O. The third-order valence-corrected chi connectivity index (χ3v) is 1.36. The molecule has 0 aromatic rings. The van der Waals surface area contributed by atoms with E-state index in [0.717, 1.165) is 6.61 Å². The van der Waals surface area contributed by atoms with Gasteiger partial charge in [-0.2, -0.15) is 0 Å². The minimum Gasteiger partial charge on any atom is -0.370 e. The minimum absolute atomic E-state index is 0.500. The normalized spacial score (nSPS) is 38.4. The fourth-order valence-corrected chi connectivity index (χ4v) is 0.530. The van der Waals surface area contributed by atoms with Crippen molar-refractivity contribution in [3.8, 4) is 0 Å². The SMILES string of the molecule is C1CC12CO2. The molecule has 1 saturated heterocycles. The Balaban J connectivity index is 2.30. The lowest BCUT2D eigenvalue weighted by atomic mass is 10.5. The monoisotopic (exact) mass is 70.0 g/mol. The number of hydrogen-bond acceptors (Lipinski definition) is 1. The van der Waals surface area contributed by atoms with E-state index in [0.29, 0.717) is 5.60 Å². The van der Waals surface area contributed by atoms with Crippen LogP contribution in [0, 0.1) is 0 Å². The van der Waals surface area contributed by atoms with E-state index in [2.05, 4.69) is 0 Å². The summed E-state index contributed by atoms with van der Waals surface area (Å²) in [5.74, 6) is 0. The predicted molar refractivity (Wildman–Crippen MR) is 17.9 cm³/mol. The van der Waals surface area contributed by atoms with Crippen LogP contribution < -0.4 is 0 Å². The van der Waals surface area contributed by atoms with E-state index >= 15 is 0 Å². The molecule has 1 aliphatic heterocycles. The summed E-state index contributed by atoms with van der Waals surface area (Å²) in [6, 6.07) is 0. The average molecular weight is 70.1 g/mol. The molecule has 2 fully saturated rings. The van der Waals surface area contributed by atoms with Gasteiger partial charge in [-0.05, 0) is 12.8 Å². The molecule has 1 aliphatic carbocycles. The maximum Gasteiger partial charge on any atom is 0.0918 e. The summed E-state index contributed by atoms with van der Waals surface area (Å²) in [5, 5.41) is 0. The first-order chi connectivity index (χ1) is 2.41. The highest BCUT2D eigenvalue weighted by Gasteiger charge is 2.55. The minimum atomic E-state index is 0.500. The second-order valence-corrected chi connectivity index (χ2v) is 1.97. The van der Waals surface area contributed by atoms with Gasteiger partial charge in [0.1, 0.15) is 0 Å². The molecule has 0 atom stereocenters. The van der Waals surface area contributed by atoms with Crippen molar-refractivity contribution in [3.63, 3.8) is 0 Å². The summed E-state index contributed by atoms with van der Waals surface area (Å²) >= 11 is 0. The van der Waals surface area contributed by atoms with Gasteiger partial charge in [0.25, 0.3) is 0 Å². The molecule has 28 valence electrons. The summed E-state index contributed by atoms with van der Waals surface area (Å²) in [4.78, 5) is 0. The summed E-state index contributed by atoms with van der Waals surface area (Å²) in [6.07, 6.45) is 2.68. The van der Waals surface area contributed by atoms with Gasteiger partial charge in [-0.15, -0.1) is 0 Å². The first-order valence-electron chi connectivity index (χ1n) is 2.05. The molecule has 0 N–H and O–H groups in total. The molecule has 1 spiro atoms. The molecule has 0 bridgehead atoms. The van der Waals surface area contributed by atoms with Gasteiger partial charge in [0.15, 0.2) is 0 Å². The van der Waals surface area contributed by atoms with Crippen LogP contribution >= 0.6 is 0 Å². The van der Waals surface area contributed by atoms with Crippen molar-refractivity contribution in [3.05, 3.63) is 0 Å². The Hall–Kier alpha value is -0.0400. The Bertz CT molecular complexity index is 46.5. The van der Waals surface area contributed by atoms with Crippen molar-refractivity contribution in [2.24, 2.45) is 0 Å². The summed E-state index contributed by atoms with van der Waals surface area (Å²) < 4.78 is 5.01. The zero-order valence-corrected chi connectivity index (χ0v) is 3.03. The Labute approximate surface area is 30.9 Å². The van der Waals surface area contributed by atoms with Gasteiger partial charge in [0.2, 0.25) is 0 Å². The van der Waals surface area contributed by atoms with Gasteiger partial charge in [-0.3, -0.25) is 0 Å². The topological polar surface area (TPSA) is 12.5 Å². The van der Waals surface area contributed by atoms with E-state index in [9.17, 15) is 0 Å². The highest BCUT2D eigenvalue weighted by atomic mass is 16.6. The number of ether oxygens (including phenoxy) is 1. The molecule has 0 aromatic heterocycles. The van der Waals surface area contributed by atoms with Crippen LogP contribution in [0.4, 0.5) is 0 Å². The summed E-state index contributed by atoms with van der Waals surface area (Å²) in [5.41, 5.74) is 0.500. The third kappa shape index (κ3) is 0.153. The lowest BCUT2D eigenvalue weighted by molar-refractivity contribution is 0.399. The van der Waals surface area contributed by atoms with E-state index in [4.69, 9.17) is 4.74 Å². The number of hydrogen-bond donors (Lipinski definition) is 0. The first-order valence-corrected chi connectivity index (χ1v) is 2.05. The Morgan fingerprint density at radius 3 is 2.00 bits per heavy atom. The van der Waals surface area contributed by atoms with Crippen molar-refractivity contribution in [1.29, 1.82) is 0 Å². The summed E-state index contributed by atoms with van der Waals surface area (Å²) in [7, 11) is 0. The molecule has 1 heteroatoms. The largest absolute Gasteiger partial charge is 0.370 e. The molecule has 0 unspecified atom stereocenters. The van der Waals surface area contributed by atoms with Gasteiger partial charge >= 0.3 is 0 Å². The van der Waals surface area contributed by atoms with Crippen LogP contribution in [0.15, 0.2) is 0 Å². The van der Waals surface area contributed by atoms with E-state index in [1.807, 2.05) is 0 Å². The van der Waals surface area contributed by atoms with E-state index < -0.39 is 0 Å². The second kappa shape index (κ2) is 0.350. The number of epoxide rings is 1. The lowest BCUT2D eigenvalue weighted by Gasteiger charge is -1.56. The van der Waals surface area contributed by atoms with Crippen molar-refractivity contribution in [2.75, 3.05) is 6.61 Å². The molecule has 0 aromatic carbocycles. The van der Waals surface area contributed by atoms with Crippen LogP contribution in [0.25, 0.3) is 0 Å².